The molecule has 0 saturated heterocycles. The van der Waals surface area contributed by atoms with Gasteiger partial charge in [0, 0.05) is 12.4 Å². The molecule has 0 aliphatic carbocycles. The molecule has 0 atom stereocenters. The Morgan fingerprint density at radius 1 is 0.909 bits per heavy atom. The van der Waals surface area contributed by atoms with Crippen molar-refractivity contribution in [3.05, 3.63) is 65.5 Å². The zero-order chi connectivity index (χ0) is 15.1. The number of imidazole rings is 2. The molecule has 0 amide bonds. The second-order valence-electron chi connectivity index (χ2n) is 5.69. The predicted octanol–water partition coefficient (Wildman–Crippen LogP) is 2.78. The fourth-order valence-electron chi connectivity index (χ4n) is 2.73. The molecule has 0 spiro atoms. The lowest BCUT2D eigenvalue weighted by Crippen LogP contribution is -1.93. The van der Waals surface area contributed by atoms with Crippen LogP contribution >= 0.6 is 0 Å². The van der Waals surface area contributed by atoms with E-state index in [1.807, 2.05) is 42.9 Å². The third kappa shape index (κ3) is 2.35. The number of hydrogen-bond donors (Lipinski definition) is 0. The van der Waals surface area contributed by atoms with Gasteiger partial charge in [0.2, 0.25) is 0 Å². The minimum absolute atomic E-state index is 0.901. The number of pyridine rings is 1. The maximum Gasteiger partial charge on any atom is 0.153 e. The van der Waals surface area contributed by atoms with Gasteiger partial charge >= 0.3 is 0 Å². The van der Waals surface area contributed by atoms with Crippen molar-refractivity contribution in [1.29, 1.82) is 0 Å². The summed E-state index contributed by atoms with van der Waals surface area (Å²) in [5.74, 6) is 0. The number of hydrogen-bond acceptors (Lipinski definition) is 3. The van der Waals surface area contributed by atoms with E-state index in [-0.39, 0.29) is 0 Å². The first-order valence-electron chi connectivity index (χ1n) is 7.43. The van der Waals surface area contributed by atoms with Gasteiger partial charge in [-0.2, -0.15) is 5.10 Å². The largest absolute Gasteiger partial charge is 0.307 e. The molecular formula is C17H17N5. The molecule has 0 radical (unpaired) electrons. The maximum atomic E-state index is 4.61. The van der Waals surface area contributed by atoms with Gasteiger partial charge in [-0.25, -0.2) is 14.5 Å². The van der Waals surface area contributed by atoms with Crippen molar-refractivity contribution >= 4 is 11.3 Å². The normalized spacial score (nSPS) is 11.5. The van der Waals surface area contributed by atoms with E-state index in [1.165, 1.54) is 5.56 Å². The molecule has 5 heteroatoms. The predicted molar refractivity (Wildman–Crippen MR) is 85.1 cm³/mol. The Morgan fingerprint density at radius 2 is 1.82 bits per heavy atom. The lowest BCUT2D eigenvalue weighted by Gasteiger charge is -2.00. The summed E-state index contributed by atoms with van der Waals surface area (Å²) in [5.41, 5.74) is 6.29. The van der Waals surface area contributed by atoms with Crippen LogP contribution in [0.1, 0.15) is 22.6 Å². The fraction of sp³-hybridized carbons (Fsp3) is 0.235. The summed E-state index contributed by atoms with van der Waals surface area (Å²) in [6.07, 6.45) is 7.97. The smallest absolute Gasteiger partial charge is 0.153 e. The van der Waals surface area contributed by atoms with E-state index in [1.54, 1.807) is 0 Å². The second kappa shape index (κ2) is 4.94. The van der Waals surface area contributed by atoms with Crippen molar-refractivity contribution in [2.75, 3.05) is 0 Å². The summed E-state index contributed by atoms with van der Waals surface area (Å²) >= 11 is 0. The lowest BCUT2D eigenvalue weighted by molar-refractivity contribution is 0.888. The van der Waals surface area contributed by atoms with Crippen LogP contribution in [-0.2, 0) is 12.8 Å². The van der Waals surface area contributed by atoms with Gasteiger partial charge in [-0.3, -0.25) is 0 Å². The first-order chi connectivity index (χ1) is 10.7. The quantitative estimate of drug-likeness (QED) is 0.583. The molecular weight excluding hydrogens is 274 g/mol. The topological polar surface area (TPSA) is 47.5 Å². The van der Waals surface area contributed by atoms with Crippen LogP contribution in [0, 0.1) is 13.8 Å². The third-order valence-electron chi connectivity index (χ3n) is 3.82. The fourth-order valence-corrected chi connectivity index (χ4v) is 2.73. The molecule has 22 heavy (non-hydrogen) atoms. The summed E-state index contributed by atoms with van der Waals surface area (Å²) in [5, 5.41) is 4.44. The molecule has 4 heterocycles. The number of fused-ring (bicyclic) bond motifs is 2. The van der Waals surface area contributed by atoms with E-state index in [4.69, 9.17) is 0 Å². The van der Waals surface area contributed by atoms with Gasteiger partial charge < -0.3 is 4.40 Å². The van der Waals surface area contributed by atoms with Crippen LogP contribution in [0.2, 0.25) is 0 Å². The number of nitrogens with zero attached hydrogens (tertiary/aromatic N) is 5. The molecule has 0 bridgehead atoms. The zero-order valence-corrected chi connectivity index (χ0v) is 12.7. The van der Waals surface area contributed by atoms with E-state index >= 15 is 0 Å². The van der Waals surface area contributed by atoms with Crippen molar-refractivity contribution in [2.45, 2.75) is 26.7 Å². The van der Waals surface area contributed by atoms with Crippen LogP contribution in [0.15, 0.2) is 42.9 Å². The number of rotatable bonds is 3. The van der Waals surface area contributed by atoms with Gasteiger partial charge in [0.1, 0.15) is 5.65 Å². The van der Waals surface area contributed by atoms with Crippen molar-refractivity contribution in [2.24, 2.45) is 0 Å². The average molecular weight is 291 g/mol. The van der Waals surface area contributed by atoms with Crippen LogP contribution in [-0.4, -0.2) is 24.0 Å². The van der Waals surface area contributed by atoms with Crippen LogP contribution in [0.4, 0.5) is 0 Å². The maximum absolute atomic E-state index is 4.61. The minimum Gasteiger partial charge on any atom is -0.307 e. The van der Waals surface area contributed by atoms with E-state index in [2.05, 4.69) is 37.8 Å². The molecule has 0 saturated carbocycles. The summed E-state index contributed by atoms with van der Waals surface area (Å²) in [4.78, 5) is 9.12. The van der Waals surface area contributed by atoms with Crippen LogP contribution in [0.25, 0.3) is 11.3 Å². The van der Waals surface area contributed by atoms with E-state index in [0.29, 0.717) is 0 Å². The second-order valence-corrected chi connectivity index (χ2v) is 5.69. The summed E-state index contributed by atoms with van der Waals surface area (Å²) in [6.45, 7) is 4.00. The summed E-state index contributed by atoms with van der Waals surface area (Å²) in [6, 6.07) is 8.28. The molecule has 0 N–H and O–H groups in total. The van der Waals surface area contributed by atoms with Crippen LogP contribution in [0.3, 0.4) is 0 Å². The molecule has 4 aromatic rings. The van der Waals surface area contributed by atoms with Crippen molar-refractivity contribution in [1.82, 2.24) is 24.0 Å². The highest BCUT2D eigenvalue weighted by Crippen LogP contribution is 2.12. The Kier molecular flexibility index (Phi) is 2.92. The van der Waals surface area contributed by atoms with Crippen molar-refractivity contribution < 1.29 is 0 Å². The van der Waals surface area contributed by atoms with Gasteiger partial charge in [0.05, 0.1) is 23.3 Å². The molecule has 0 unspecified atom stereocenters. The highest BCUT2D eigenvalue weighted by atomic mass is 15.2. The molecule has 0 aliphatic rings. The highest BCUT2D eigenvalue weighted by Gasteiger charge is 2.05. The Hall–Kier alpha value is -2.69. The number of aryl methyl sites for hydroxylation is 4. The van der Waals surface area contributed by atoms with Gasteiger partial charge in [-0.15, -0.1) is 0 Å². The van der Waals surface area contributed by atoms with E-state index < -0.39 is 0 Å². The van der Waals surface area contributed by atoms with E-state index in [0.717, 1.165) is 41.2 Å². The van der Waals surface area contributed by atoms with E-state index in [9.17, 15) is 0 Å². The van der Waals surface area contributed by atoms with Gasteiger partial charge in [0.15, 0.2) is 5.65 Å². The zero-order valence-electron chi connectivity index (χ0n) is 12.7. The van der Waals surface area contributed by atoms with Crippen LogP contribution in [0.5, 0.6) is 0 Å². The SMILES string of the molecule is Cc1cn2ccc(CCc3cn4nc(C)ccc4n3)cc2n1. The molecule has 0 fully saturated rings. The summed E-state index contributed by atoms with van der Waals surface area (Å²) < 4.78 is 3.91. The average Bonchev–Trinajstić information content (AvgIpc) is 3.05. The molecule has 0 aliphatic heterocycles. The van der Waals surface area contributed by atoms with Crippen LogP contribution < -0.4 is 0 Å². The Labute approximate surface area is 128 Å². The molecule has 0 aromatic carbocycles. The number of aromatic nitrogens is 5. The van der Waals surface area contributed by atoms with Crippen molar-refractivity contribution in [3.8, 4) is 0 Å². The molecule has 110 valence electrons. The van der Waals surface area contributed by atoms with Gasteiger partial charge in [-0.05, 0) is 56.5 Å². The van der Waals surface area contributed by atoms with Gasteiger partial charge in [0.25, 0.3) is 0 Å². The monoisotopic (exact) mass is 291 g/mol. The standard InChI is InChI=1S/C17H17N5/c1-12-3-6-16-19-15(11-22(16)20-12)5-4-14-7-8-21-10-13(2)18-17(21)9-14/h3,6-11H,4-5H2,1-2H3. The van der Waals surface area contributed by atoms with Gasteiger partial charge in [-0.1, -0.05) is 0 Å². The highest BCUT2D eigenvalue weighted by molar-refractivity contribution is 5.43. The molecule has 4 rings (SSSR count). The Morgan fingerprint density at radius 3 is 2.73 bits per heavy atom. The first kappa shape index (κ1) is 13.0. The van der Waals surface area contributed by atoms with Crippen molar-refractivity contribution in [3.63, 3.8) is 0 Å². The Balaban J connectivity index is 1.56. The molecule has 4 aromatic heterocycles. The summed E-state index contributed by atoms with van der Waals surface area (Å²) in [7, 11) is 0. The minimum atomic E-state index is 0.901. The molecule has 5 nitrogen and oxygen atoms in total. The Bertz CT molecular complexity index is 962. The first-order valence-corrected chi connectivity index (χ1v) is 7.43. The lowest BCUT2D eigenvalue weighted by atomic mass is 10.1. The third-order valence-corrected chi connectivity index (χ3v) is 3.82.